The Morgan fingerprint density at radius 2 is 1.86 bits per heavy atom. The Labute approximate surface area is 129 Å². The lowest BCUT2D eigenvalue weighted by atomic mass is 10.1. The highest BCUT2D eigenvalue weighted by Gasteiger charge is 2.13. The highest BCUT2D eigenvalue weighted by Crippen LogP contribution is 2.13. The van der Waals surface area contributed by atoms with Crippen LogP contribution < -0.4 is 5.32 Å². The van der Waals surface area contributed by atoms with Crippen LogP contribution in [0.2, 0.25) is 0 Å². The number of nitrogens with zero attached hydrogens (tertiary/aromatic N) is 1. The van der Waals surface area contributed by atoms with Crippen molar-refractivity contribution in [1.82, 2.24) is 10.5 Å². The van der Waals surface area contributed by atoms with Crippen molar-refractivity contribution in [3.8, 4) is 0 Å². The Bertz CT molecular complexity index is 757. The maximum absolute atomic E-state index is 11.9. The van der Waals surface area contributed by atoms with Crippen molar-refractivity contribution in [3.63, 3.8) is 0 Å². The zero-order valence-corrected chi connectivity index (χ0v) is 13.5. The molecule has 7 heteroatoms. The van der Waals surface area contributed by atoms with E-state index in [4.69, 9.17) is 4.52 Å². The van der Waals surface area contributed by atoms with E-state index in [1.165, 1.54) is 12.1 Å². The van der Waals surface area contributed by atoms with Gasteiger partial charge in [0.2, 0.25) is 5.91 Å². The average Bonchev–Trinajstić information content (AvgIpc) is 2.76. The van der Waals surface area contributed by atoms with Gasteiger partial charge in [-0.15, -0.1) is 0 Å². The highest BCUT2D eigenvalue weighted by molar-refractivity contribution is 7.90. The number of carbonyl (C=O) groups excluding carboxylic acids is 1. The van der Waals surface area contributed by atoms with Crippen molar-refractivity contribution in [2.45, 2.75) is 31.7 Å². The number of hydrogen-bond acceptors (Lipinski definition) is 5. The van der Waals surface area contributed by atoms with Gasteiger partial charge in [0.1, 0.15) is 5.76 Å². The molecule has 0 fully saturated rings. The monoisotopic (exact) mass is 322 g/mol. The number of aryl methyl sites for hydroxylation is 2. The minimum absolute atomic E-state index is 0.137. The van der Waals surface area contributed by atoms with Crippen LogP contribution in [0.4, 0.5) is 0 Å². The van der Waals surface area contributed by atoms with Crippen LogP contribution in [0.25, 0.3) is 0 Å². The fourth-order valence-corrected chi connectivity index (χ4v) is 2.66. The summed E-state index contributed by atoms with van der Waals surface area (Å²) >= 11 is 0. The van der Waals surface area contributed by atoms with Crippen LogP contribution in [0.5, 0.6) is 0 Å². The van der Waals surface area contributed by atoms with Crippen LogP contribution in [-0.4, -0.2) is 25.7 Å². The molecule has 0 aliphatic rings. The summed E-state index contributed by atoms with van der Waals surface area (Å²) in [7, 11) is -3.20. The maximum Gasteiger partial charge on any atom is 0.224 e. The molecule has 0 spiro atoms. The zero-order valence-electron chi connectivity index (χ0n) is 12.7. The van der Waals surface area contributed by atoms with Gasteiger partial charge in [0.05, 0.1) is 17.0 Å². The van der Waals surface area contributed by atoms with Gasteiger partial charge in [-0.2, -0.15) is 0 Å². The van der Waals surface area contributed by atoms with E-state index in [9.17, 15) is 13.2 Å². The third-order valence-corrected chi connectivity index (χ3v) is 4.49. The van der Waals surface area contributed by atoms with Crippen molar-refractivity contribution in [2.24, 2.45) is 0 Å². The van der Waals surface area contributed by atoms with Gasteiger partial charge >= 0.3 is 0 Å². The summed E-state index contributed by atoms with van der Waals surface area (Å²) in [4.78, 5) is 12.2. The van der Waals surface area contributed by atoms with Crippen molar-refractivity contribution in [1.29, 1.82) is 0 Å². The van der Waals surface area contributed by atoms with Crippen LogP contribution in [0.1, 0.15) is 22.6 Å². The molecule has 1 heterocycles. The molecule has 0 atom stereocenters. The molecule has 2 rings (SSSR count). The van der Waals surface area contributed by atoms with Crippen molar-refractivity contribution < 1.29 is 17.7 Å². The lowest BCUT2D eigenvalue weighted by Crippen LogP contribution is -2.24. The molecule has 2 aromatic rings. The molecule has 0 radical (unpaired) electrons. The summed E-state index contributed by atoms with van der Waals surface area (Å²) in [5.41, 5.74) is 2.34. The Morgan fingerprint density at radius 3 is 2.36 bits per heavy atom. The lowest BCUT2D eigenvalue weighted by Gasteiger charge is -2.06. The van der Waals surface area contributed by atoms with Gasteiger partial charge in [0, 0.05) is 18.4 Å². The molecule has 6 nitrogen and oxygen atoms in total. The van der Waals surface area contributed by atoms with Crippen molar-refractivity contribution in [2.75, 3.05) is 6.26 Å². The number of nitrogens with one attached hydrogen (secondary N) is 1. The van der Waals surface area contributed by atoms with Crippen LogP contribution in [0.15, 0.2) is 33.7 Å². The topological polar surface area (TPSA) is 89.3 Å². The second kappa shape index (κ2) is 6.31. The predicted octanol–water partition coefficient (Wildman–Crippen LogP) is 1.55. The summed E-state index contributed by atoms with van der Waals surface area (Å²) in [6, 6.07) is 6.44. The second-order valence-corrected chi connectivity index (χ2v) is 7.19. The number of aromatic nitrogens is 1. The van der Waals surface area contributed by atoms with Gasteiger partial charge in [0.15, 0.2) is 9.84 Å². The molecule has 1 N–H and O–H groups in total. The first kappa shape index (κ1) is 16.2. The molecule has 0 unspecified atom stereocenters. The van der Waals surface area contributed by atoms with Gasteiger partial charge < -0.3 is 9.84 Å². The lowest BCUT2D eigenvalue weighted by molar-refractivity contribution is -0.120. The number of hydrogen-bond donors (Lipinski definition) is 1. The second-order valence-electron chi connectivity index (χ2n) is 5.17. The van der Waals surface area contributed by atoms with Gasteiger partial charge in [-0.1, -0.05) is 17.3 Å². The average molecular weight is 322 g/mol. The van der Waals surface area contributed by atoms with Gasteiger partial charge in [0.25, 0.3) is 0 Å². The van der Waals surface area contributed by atoms with E-state index in [0.717, 1.165) is 17.4 Å². The normalized spacial score (nSPS) is 11.4. The Morgan fingerprint density at radius 1 is 1.23 bits per heavy atom. The number of benzene rings is 1. The Kier molecular flexibility index (Phi) is 4.65. The molecule has 0 aliphatic heterocycles. The molecular formula is C15H18N2O4S. The molecule has 0 saturated carbocycles. The fraction of sp³-hybridized carbons (Fsp3) is 0.333. The molecule has 1 amide bonds. The zero-order chi connectivity index (χ0) is 16.3. The van der Waals surface area contributed by atoms with E-state index in [0.29, 0.717) is 18.0 Å². The molecule has 0 bridgehead atoms. The molecule has 1 aromatic carbocycles. The molecular weight excluding hydrogens is 304 g/mol. The molecule has 118 valence electrons. The van der Waals surface area contributed by atoms with Crippen LogP contribution in [0, 0.1) is 13.8 Å². The Balaban J connectivity index is 1.94. The van der Waals surface area contributed by atoms with E-state index in [1.807, 2.05) is 0 Å². The SMILES string of the molecule is Cc1noc(C)c1CC(=O)NCc1ccc(S(C)(=O)=O)cc1. The number of rotatable bonds is 5. The third kappa shape index (κ3) is 3.94. The van der Waals surface area contributed by atoms with Gasteiger partial charge in [-0.25, -0.2) is 8.42 Å². The van der Waals surface area contributed by atoms with E-state index in [1.54, 1.807) is 26.0 Å². The van der Waals surface area contributed by atoms with E-state index in [-0.39, 0.29) is 17.2 Å². The first-order valence-electron chi connectivity index (χ1n) is 6.75. The van der Waals surface area contributed by atoms with Gasteiger partial charge in [-0.05, 0) is 31.5 Å². The van der Waals surface area contributed by atoms with Crippen LogP contribution >= 0.6 is 0 Å². The number of amides is 1. The summed E-state index contributed by atoms with van der Waals surface area (Å²) in [5, 5.41) is 6.60. The standard InChI is InChI=1S/C15H18N2O4S/c1-10-14(11(2)21-17-10)8-15(18)16-9-12-4-6-13(7-5-12)22(3,19)20/h4-7H,8-9H2,1-3H3,(H,16,18). The molecule has 22 heavy (non-hydrogen) atoms. The van der Waals surface area contributed by atoms with Crippen molar-refractivity contribution in [3.05, 3.63) is 46.8 Å². The van der Waals surface area contributed by atoms with E-state index in [2.05, 4.69) is 10.5 Å². The largest absolute Gasteiger partial charge is 0.361 e. The van der Waals surface area contributed by atoms with E-state index >= 15 is 0 Å². The molecule has 0 saturated heterocycles. The Hall–Kier alpha value is -2.15. The van der Waals surface area contributed by atoms with E-state index < -0.39 is 9.84 Å². The fourth-order valence-electron chi connectivity index (χ4n) is 2.03. The first-order chi connectivity index (χ1) is 10.3. The summed E-state index contributed by atoms with van der Waals surface area (Å²) < 4.78 is 27.8. The number of carbonyl (C=O) groups is 1. The quantitative estimate of drug-likeness (QED) is 0.902. The van der Waals surface area contributed by atoms with Crippen molar-refractivity contribution >= 4 is 15.7 Å². The first-order valence-corrected chi connectivity index (χ1v) is 8.64. The summed E-state index contributed by atoms with van der Waals surface area (Å²) in [6.07, 6.45) is 1.37. The van der Waals surface area contributed by atoms with Gasteiger partial charge in [-0.3, -0.25) is 4.79 Å². The summed E-state index contributed by atoms with van der Waals surface area (Å²) in [5.74, 6) is 0.506. The smallest absolute Gasteiger partial charge is 0.224 e. The maximum atomic E-state index is 11.9. The molecule has 1 aromatic heterocycles. The number of sulfone groups is 1. The third-order valence-electron chi connectivity index (χ3n) is 3.36. The van der Waals surface area contributed by atoms with Crippen LogP contribution in [0.3, 0.4) is 0 Å². The summed E-state index contributed by atoms with van der Waals surface area (Å²) in [6.45, 7) is 3.90. The molecule has 0 aliphatic carbocycles. The van der Waals surface area contributed by atoms with Crippen LogP contribution in [-0.2, 0) is 27.6 Å². The highest BCUT2D eigenvalue weighted by atomic mass is 32.2. The minimum atomic E-state index is -3.20. The predicted molar refractivity (Wildman–Crippen MR) is 81.1 cm³/mol. The minimum Gasteiger partial charge on any atom is -0.361 e.